The van der Waals surface area contributed by atoms with Gasteiger partial charge in [0.25, 0.3) is 0 Å². The normalized spacial score (nSPS) is 16.0. The molecule has 0 unspecified atom stereocenters. The number of benzene rings is 1. The zero-order valence-electron chi connectivity index (χ0n) is 8.55. The Balaban J connectivity index is 2.31. The van der Waals surface area contributed by atoms with E-state index in [9.17, 15) is 13.2 Å². The van der Waals surface area contributed by atoms with Crippen LogP contribution in [0.5, 0.6) is 0 Å². The molecule has 0 atom stereocenters. The van der Waals surface area contributed by atoms with Crippen LogP contribution < -0.4 is 5.43 Å². The molecular weight excluding hydrogens is 253 g/mol. The van der Waals surface area contributed by atoms with Crippen LogP contribution in [0.4, 0.5) is 13.2 Å². The predicted molar refractivity (Wildman–Crippen MR) is 60.9 cm³/mol. The van der Waals surface area contributed by atoms with E-state index in [1.54, 1.807) is 24.3 Å². The van der Waals surface area contributed by atoms with Crippen molar-refractivity contribution in [3.8, 4) is 0 Å². The maximum absolute atomic E-state index is 12.5. The third kappa shape index (κ3) is 2.79. The van der Waals surface area contributed by atoms with E-state index in [1.807, 2.05) is 0 Å². The summed E-state index contributed by atoms with van der Waals surface area (Å²) < 4.78 is 37.4. The Morgan fingerprint density at radius 1 is 1.18 bits per heavy atom. The SMILES string of the molecule is FC(F)(F)C1=NNCC(c2ccc(Cl)cc2)=C1. The van der Waals surface area contributed by atoms with Crippen molar-refractivity contribution in [3.05, 3.63) is 40.9 Å². The van der Waals surface area contributed by atoms with Gasteiger partial charge in [-0.1, -0.05) is 23.7 Å². The van der Waals surface area contributed by atoms with Crippen LogP contribution in [0.2, 0.25) is 5.02 Å². The van der Waals surface area contributed by atoms with Crippen LogP contribution in [-0.4, -0.2) is 18.4 Å². The molecule has 1 aliphatic heterocycles. The molecule has 1 heterocycles. The van der Waals surface area contributed by atoms with Crippen molar-refractivity contribution >= 4 is 22.9 Å². The highest BCUT2D eigenvalue weighted by Crippen LogP contribution is 2.24. The smallest absolute Gasteiger partial charge is 0.305 e. The van der Waals surface area contributed by atoms with Crippen molar-refractivity contribution < 1.29 is 13.2 Å². The molecule has 1 aromatic rings. The topological polar surface area (TPSA) is 24.4 Å². The molecule has 2 nitrogen and oxygen atoms in total. The Labute approximate surface area is 101 Å². The number of nitrogens with zero attached hydrogens (tertiary/aromatic N) is 1. The van der Waals surface area contributed by atoms with Gasteiger partial charge in [0.2, 0.25) is 0 Å². The standard InChI is InChI=1S/C11H8ClF3N2/c12-9-3-1-7(2-4-9)8-5-10(11(13,14)15)17-16-6-8/h1-5,16H,6H2. The maximum atomic E-state index is 12.5. The van der Waals surface area contributed by atoms with Gasteiger partial charge in [-0.15, -0.1) is 0 Å². The molecule has 2 rings (SSSR count). The van der Waals surface area contributed by atoms with Gasteiger partial charge in [0.15, 0.2) is 5.71 Å². The molecule has 0 saturated heterocycles. The Bertz CT molecular complexity index is 474. The molecule has 0 saturated carbocycles. The molecule has 6 heteroatoms. The Morgan fingerprint density at radius 3 is 2.41 bits per heavy atom. The number of hydrogen-bond donors (Lipinski definition) is 1. The average Bonchev–Trinajstić information content (AvgIpc) is 2.29. The van der Waals surface area contributed by atoms with Crippen LogP contribution in [0.3, 0.4) is 0 Å². The van der Waals surface area contributed by atoms with Gasteiger partial charge in [0.1, 0.15) is 0 Å². The van der Waals surface area contributed by atoms with Crippen molar-refractivity contribution in [3.63, 3.8) is 0 Å². The number of nitrogens with one attached hydrogen (secondary N) is 1. The lowest BCUT2D eigenvalue weighted by Crippen LogP contribution is -2.28. The van der Waals surface area contributed by atoms with Crippen LogP contribution in [0, 0.1) is 0 Å². The molecule has 0 amide bonds. The number of allylic oxidation sites excluding steroid dienone is 1. The highest BCUT2D eigenvalue weighted by Gasteiger charge is 2.35. The van der Waals surface area contributed by atoms with Crippen molar-refractivity contribution in [1.29, 1.82) is 0 Å². The second-order valence-electron chi connectivity index (χ2n) is 3.51. The first kappa shape index (κ1) is 12.0. The van der Waals surface area contributed by atoms with Gasteiger partial charge in [-0.25, -0.2) is 0 Å². The Morgan fingerprint density at radius 2 is 1.82 bits per heavy atom. The van der Waals surface area contributed by atoms with Gasteiger partial charge < -0.3 is 5.43 Å². The first-order valence-corrected chi connectivity index (χ1v) is 5.19. The fourth-order valence-corrected chi connectivity index (χ4v) is 1.58. The van der Waals surface area contributed by atoms with Gasteiger partial charge in [0, 0.05) is 5.02 Å². The molecule has 0 aromatic heterocycles. The molecule has 0 radical (unpaired) electrons. The lowest BCUT2D eigenvalue weighted by Gasteiger charge is -2.16. The summed E-state index contributed by atoms with van der Waals surface area (Å²) >= 11 is 5.71. The van der Waals surface area contributed by atoms with E-state index in [-0.39, 0.29) is 6.54 Å². The number of rotatable bonds is 1. The van der Waals surface area contributed by atoms with Gasteiger partial charge in [0.05, 0.1) is 6.54 Å². The molecule has 0 spiro atoms. The minimum Gasteiger partial charge on any atom is -0.305 e. The Kier molecular flexibility index (Phi) is 3.11. The largest absolute Gasteiger partial charge is 0.435 e. The summed E-state index contributed by atoms with van der Waals surface area (Å²) in [5.74, 6) is 0. The molecule has 0 bridgehead atoms. The summed E-state index contributed by atoms with van der Waals surface area (Å²) in [6.07, 6.45) is -3.40. The van der Waals surface area contributed by atoms with Gasteiger partial charge >= 0.3 is 6.18 Å². The van der Waals surface area contributed by atoms with E-state index >= 15 is 0 Å². The van der Waals surface area contributed by atoms with Crippen LogP contribution in [0.1, 0.15) is 5.56 Å². The van der Waals surface area contributed by atoms with Gasteiger partial charge in [-0.3, -0.25) is 0 Å². The lowest BCUT2D eigenvalue weighted by atomic mass is 10.0. The van der Waals surface area contributed by atoms with E-state index in [0.717, 1.165) is 6.08 Å². The molecule has 1 aromatic carbocycles. The number of halogens is 4. The van der Waals surface area contributed by atoms with Crippen molar-refractivity contribution in [1.82, 2.24) is 5.43 Å². The average molecular weight is 261 g/mol. The fourth-order valence-electron chi connectivity index (χ4n) is 1.45. The molecule has 1 aliphatic rings. The first-order chi connectivity index (χ1) is 7.97. The highest BCUT2D eigenvalue weighted by molar-refractivity contribution is 6.30. The zero-order chi connectivity index (χ0) is 12.5. The van der Waals surface area contributed by atoms with E-state index in [4.69, 9.17) is 11.6 Å². The summed E-state index contributed by atoms with van der Waals surface area (Å²) in [5, 5.41) is 3.78. The van der Waals surface area contributed by atoms with Gasteiger partial charge in [-0.05, 0) is 29.3 Å². The van der Waals surface area contributed by atoms with Crippen molar-refractivity contribution in [2.45, 2.75) is 6.18 Å². The number of alkyl halides is 3. The van der Waals surface area contributed by atoms with E-state index in [1.165, 1.54) is 0 Å². The minimum absolute atomic E-state index is 0.265. The quantitative estimate of drug-likeness (QED) is 0.824. The molecule has 17 heavy (non-hydrogen) atoms. The monoisotopic (exact) mass is 260 g/mol. The number of hydrazone groups is 1. The third-order valence-electron chi connectivity index (χ3n) is 2.29. The highest BCUT2D eigenvalue weighted by atomic mass is 35.5. The van der Waals surface area contributed by atoms with Crippen LogP contribution in [0.25, 0.3) is 5.57 Å². The summed E-state index contributed by atoms with van der Waals surface area (Å²) in [7, 11) is 0. The fraction of sp³-hybridized carbons (Fsp3) is 0.182. The van der Waals surface area contributed by atoms with Crippen molar-refractivity contribution in [2.24, 2.45) is 5.10 Å². The lowest BCUT2D eigenvalue weighted by molar-refractivity contribution is -0.0581. The third-order valence-corrected chi connectivity index (χ3v) is 2.54. The molecular formula is C11H8ClF3N2. The summed E-state index contributed by atoms with van der Waals surface area (Å²) in [6.45, 7) is 0.265. The molecule has 0 aliphatic carbocycles. The Hall–Kier alpha value is -1.49. The van der Waals surface area contributed by atoms with Crippen LogP contribution in [0.15, 0.2) is 35.4 Å². The van der Waals surface area contributed by atoms with E-state index in [0.29, 0.717) is 16.2 Å². The maximum Gasteiger partial charge on any atom is 0.435 e. The second kappa shape index (κ2) is 4.41. The zero-order valence-corrected chi connectivity index (χ0v) is 9.31. The van der Waals surface area contributed by atoms with Crippen molar-refractivity contribution in [2.75, 3.05) is 6.54 Å². The molecule has 90 valence electrons. The first-order valence-electron chi connectivity index (χ1n) is 4.81. The van der Waals surface area contributed by atoms with Crippen LogP contribution >= 0.6 is 11.6 Å². The van der Waals surface area contributed by atoms with E-state index in [2.05, 4.69) is 10.5 Å². The number of hydrogen-bond acceptors (Lipinski definition) is 2. The summed E-state index contributed by atoms with van der Waals surface area (Å²) in [4.78, 5) is 0. The summed E-state index contributed by atoms with van der Waals surface area (Å²) in [5.41, 5.74) is 2.67. The second-order valence-corrected chi connectivity index (χ2v) is 3.94. The predicted octanol–water partition coefficient (Wildman–Crippen LogP) is 3.24. The molecule has 0 fully saturated rings. The molecule has 1 N–H and O–H groups in total. The summed E-state index contributed by atoms with van der Waals surface area (Å²) in [6, 6.07) is 6.62. The van der Waals surface area contributed by atoms with E-state index < -0.39 is 11.9 Å². The van der Waals surface area contributed by atoms with Crippen LogP contribution in [-0.2, 0) is 0 Å². The van der Waals surface area contributed by atoms with Gasteiger partial charge in [-0.2, -0.15) is 18.3 Å². The minimum atomic E-state index is -4.44.